The van der Waals surface area contributed by atoms with Crippen molar-refractivity contribution >= 4 is 17.4 Å². The molecule has 0 amide bonds. The Kier molecular flexibility index (Phi) is 3.08. The standard InChI is InChI=1S/C14H18N4O2/c1-10-7-11-15-9-16-18(11)12(8-10)17-14(13(19)20)5-3-2-4-6-14/h7-9,17H,2-6H2,1H3,(H,19,20). The van der Waals surface area contributed by atoms with Gasteiger partial charge in [-0.2, -0.15) is 9.61 Å². The van der Waals surface area contributed by atoms with Crippen LogP contribution in [0.15, 0.2) is 18.5 Å². The Hall–Kier alpha value is -2.11. The van der Waals surface area contributed by atoms with Gasteiger partial charge in [0.25, 0.3) is 0 Å². The van der Waals surface area contributed by atoms with Crippen molar-refractivity contribution in [3.8, 4) is 0 Å². The summed E-state index contributed by atoms with van der Waals surface area (Å²) < 4.78 is 1.66. The minimum absolute atomic E-state index is 0.645. The van der Waals surface area contributed by atoms with Crippen LogP contribution in [0, 0.1) is 6.92 Å². The predicted octanol–water partition coefficient (Wildman–Crippen LogP) is 2.24. The summed E-state index contributed by atoms with van der Waals surface area (Å²) >= 11 is 0. The van der Waals surface area contributed by atoms with Crippen molar-refractivity contribution in [2.45, 2.75) is 44.6 Å². The quantitative estimate of drug-likeness (QED) is 0.897. The van der Waals surface area contributed by atoms with Crippen LogP contribution in [-0.2, 0) is 4.79 Å². The highest BCUT2D eigenvalue weighted by molar-refractivity contribution is 5.82. The van der Waals surface area contributed by atoms with E-state index in [4.69, 9.17) is 0 Å². The maximum absolute atomic E-state index is 11.7. The van der Waals surface area contributed by atoms with E-state index in [0.29, 0.717) is 18.7 Å². The molecule has 1 aliphatic carbocycles. The van der Waals surface area contributed by atoms with Crippen molar-refractivity contribution in [3.63, 3.8) is 0 Å². The molecule has 0 radical (unpaired) electrons. The molecule has 0 atom stereocenters. The molecule has 1 aliphatic rings. The van der Waals surface area contributed by atoms with Crippen LogP contribution < -0.4 is 5.32 Å². The van der Waals surface area contributed by atoms with Gasteiger partial charge in [-0.3, -0.25) is 0 Å². The van der Waals surface area contributed by atoms with Crippen molar-refractivity contribution in [2.75, 3.05) is 5.32 Å². The number of aryl methyl sites for hydroxylation is 1. The van der Waals surface area contributed by atoms with Gasteiger partial charge in [0.2, 0.25) is 0 Å². The molecule has 0 spiro atoms. The number of nitrogens with one attached hydrogen (secondary N) is 1. The molecule has 2 aromatic rings. The highest BCUT2D eigenvalue weighted by Crippen LogP contribution is 2.32. The van der Waals surface area contributed by atoms with E-state index < -0.39 is 11.5 Å². The molecule has 6 heteroatoms. The summed E-state index contributed by atoms with van der Waals surface area (Å²) in [7, 11) is 0. The van der Waals surface area contributed by atoms with E-state index in [2.05, 4.69) is 15.4 Å². The van der Waals surface area contributed by atoms with Crippen molar-refractivity contribution in [1.29, 1.82) is 0 Å². The molecule has 2 heterocycles. The molecule has 0 aliphatic heterocycles. The molecular formula is C14H18N4O2. The number of pyridine rings is 1. The lowest BCUT2D eigenvalue weighted by molar-refractivity contribution is -0.143. The number of fused-ring (bicyclic) bond motifs is 1. The molecule has 1 saturated carbocycles. The second-order valence-electron chi connectivity index (χ2n) is 5.52. The molecule has 1 fully saturated rings. The topological polar surface area (TPSA) is 79.5 Å². The molecule has 20 heavy (non-hydrogen) atoms. The van der Waals surface area contributed by atoms with Crippen LogP contribution in [-0.4, -0.2) is 31.2 Å². The van der Waals surface area contributed by atoms with Crippen molar-refractivity contribution < 1.29 is 9.90 Å². The first-order chi connectivity index (χ1) is 9.61. The summed E-state index contributed by atoms with van der Waals surface area (Å²) in [6, 6.07) is 3.84. The van der Waals surface area contributed by atoms with E-state index in [1.807, 2.05) is 19.1 Å². The Morgan fingerprint density at radius 3 is 2.80 bits per heavy atom. The minimum Gasteiger partial charge on any atom is -0.480 e. The van der Waals surface area contributed by atoms with E-state index >= 15 is 0 Å². The van der Waals surface area contributed by atoms with E-state index in [1.165, 1.54) is 6.33 Å². The zero-order valence-electron chi connectivity index (χ0n) is 11.5. The number of carboxylic acid groups (broad SMARTS) is 1. The monoisotopic (exact) mass is 274 g/mol. The molecule has 0 saturated heterocycles. The minimum atomic E-state index is -0.884. The number of aromatic nitrogens is 3. The van der Waals surface area contributed by atoms with E-state index in [-0.39, 0.29) is 0 Å². The fourth-order valence-corrected chi connectivity index (χ4v) is 2.94. The molecular weight excluding hydrogens is 256 g/mol. The van der Waals surface area contributed by atoms with Crippen molar-refractivity contribution in [2.24, 2.45) is 0 Å². The third-order valence-electron chi connectivity index (χ3n) is 4.01. The summed E-state index contributed by atoms with van der Waals surface area (Å²) in [5.74, 6) is -0.0891. The lowest BCUT2D eigenvalue weighted by Crippen LogP contribution is -2.48. The van der Waals surface area contributed by atoms with Crippen LogP contribution in [0.2, 0.25) is 0 Å². The molecule has 0 unspecified atom stereocenters. The Bertz CT molecular complexity index is 644. The summed E-state index contributed by atoms with van der Waals surface area (Å²) in [6.45, 7) is 1.97. The Balaban J connectivity index is 2.02. The summed E-state index contributed by atoms with van der Waals surface area (Å²) in [5, 5.41) is 17.0. The lowest BCUT2D eigenvalue weighted by Gasteiger charge is -2.34. The molecule has 0 bridgehead atoms. The van der Waals surface area contributed by atoms with Gasteiger partial charge in [0.05, 0.1) is 0 Å². The fraction of sp³-hybridized carbons (Fsp3) is 0.500. The van der Waals surface area contributed by atoms with Crippen LogP contribution in [0.4, 0.5) is 5.82 Å². The van der Waals surface area contributed by atoms with Gasteiger partial charge in [-0.05, 0) is 37.5 Å². The van der Waals surface area contributed by atoms with Crippen molar-refractivity contribution in [3.05, 3.63) is 24.0 Å². The average Bonchev–Trinajstić information content (AvgIpc) is 2.88. The second kappa shape index (κ2) is 4.77. The molecule has 3 rings (SSSR count). The van der Waals surface area contributed by atoms with Gasteiger partial charge in [0.1, 0.15) is 17.7 Å². The Morgan fingerprint density at radius 2 is 2.10 bits per heavy atom. The maximum Gasteiger partial charge on any atom is 0.329 e. The van der Waals surface area contributed by atoms with Crippen LogP contribution in [0.1, 0.15) is 37.7 Å². The van der Waals surface area contributed by atoms with Crippen LogP contribution in [0.25, 0.3) is 5.65 Å². The summed E-state index contributed by atoms with van der Waals surface area (Å²) in [6.07, 6.45) is 5.74. The number of hydrogen-bond acceptors (Lipinski definition) is 4. The first-order valence-electron chi connectivity index (χ1n) is 6.93. The lowest BCUT2D eigenvalue weighted by atomic mass is 9.81. The van der Waals surface area contributed by atoms with Gasteiger partial charge in [0, 0.05) is 0 Å². The number of carboxylic acids is 1. The number of anilines is 1. The SMILES string of the molecule is Cc1cc(NC2(C(=O)O)CCCCC2)n2ncnc2c1. The molecule has 106 valence electrons. The molecule has 2 N–H and O–H groups in total. The smallest absolute Gasteiger partial charge is 0.329 e. The van der Waals surface area contributed by atoms with Gasteiger partial charge >= 0.3 is 5.97 Å². The highest BCUT2D eigenvalue weighted by atomic mass is 16.4. The van der Waals surface area contributed by atoms with Crippen LogP contribution in [0.3, 0.4) is 0 Å². The maximum atomic E-state index is 11.7. The van der Waals surface area contributed by atoms with Crippen LogP contribution in [0.5, 0.6) is 0 Å². The zero-order valence-corrected chi connectivity index (χ0v) is 11.5. The first-order valence-corrected chi connectivity index (χ1v) is 6.93. The molecule has 2 aromatic heterocycles. The van der Waals surface area contributed by atoms with Gasteiger partial charge in [-0.15, -0.1) is 0 Å². The van der Waals surface area contributed by atoms with Gasteiger partial charge in [-0.1, -0.05) is 19.3 Å². The molecule has 6 nitrogen and oxygen atoms in total. The normalized spacial score (nSPS) is 18.1. The molecule has 0 aromatic carbocycles. The fourth-order valence-electron chi connectivity index (χ4n) is 2.94. The third-order valence-corrected chi connectivity index (χ3v) is 4.01. The van der Waals surface area contributed by atoms with Crippen LogP contribution >= 0.6 is 0 Å². The van der Waals surface area contributed by atoms with Gasteiger partial charge in [0.15, 0.2) is 5.65 Å². The van der Waals surface area contributed by atoms with E-state index in [9.17, 15) is 9.90 Å². The Labute approximate surface area is 116 Å². The zero-order chi connectivity index (χ0) is 14.2. The highest BCUT2D eigenvalue weighted by Gasteiger charge is 2.40. The van der Waals surface area contributed by atoms with Gasteiger partial charge < -0.3 is 10.4 Å². The van der Waals surface area contributed by atoms with E-state index in [1.54, 1.807) is 4.52 Å². The first kappa shape index (κ1) is 12.9. The predicted molar refractivity (Wildman–Crippen MR) is 74.8 cm³/mol. The average molecular weight is 274 g/mol. The van der Waals surface area contributed by atoms with Gasteiger partial charge in [-0.25, -0.2) is 9.78 Å². The number of hydrogen-bond donors (Lipinski definition) is 2. The second-order valence-corrected chi connectivity index (χ2v) is 5.52. The number of nitrogens with zero attached hydrogens (tertiary/aromatic N) is 3. The van der Waals surface area contributed by atoms with Crippen molar-refractivity contribution in [1.82, 2.24) is 14.6 Å². The largest absolute Gasteiger partial charge is 0.480 e. The number of aliphatic carboxylic acids is 1. The number of rotatable bonds is 3. The summed E-state index contributed by atoms with van der Waals surface area (Å²) in [5.41, 5.74) is 0.874. The Morgan fingerprint density at radius 1 is 1.35 bits per heavy atom. The third kappa shape index (κ3) is 2.11. The van der Waals surface area contributed by atoms with E-state index in [0.717, 1.165) is 30.5 Å². The summed E-state index contributed by atoms with van der Waals surface area (Å²) in [4.78, 5) is 15.9. The number of carbonyl (C=O) groups is 1.